The minimum atomic E-state index is -0.610. The average Bonchev–Trinajstić information content (AvgIpc) is 3.04. The van der Waals surface area contributed by atoms with Gasteiger partial charge >= 0.3 is 5.97 Å². The molecule has 0 unspecified atom stereocenters. The number of amides is 1. The lowest BCUT2D eigenvalue weighted by atomic mass is 9.92. The number of carbonyl (C=O) groups excluding carboxylic acids is 2. The molecule has 4 atom stereocenters. The number of ether oxygens (including phenoxy) is 3. The van der Waals surface area contributed by atoms with E-state index in [9.17, 15) is 9.59 Å². The summed E-state index contributed by atoms with van der Waals surface area (Å²) in [5.74, 6) is -0.222. The second-order valence-corrected chi connectivity index (χ2v) is 6.19. The van der Waals surface area contributed by atoms with Gasteiger partial charge in [-0.3, -0.25) is 4.79 Å². The highest BCUT2D eigenvalue weighted by Gasteiger charge is 2.48. The summed E-state index contributed by atoms with van der Waals surface area (Å²) >= 11 is 0. The molecule has 0 radical (unpaired) electrons. The van der Waals surface area contributed by atoms with Gasteiger partial charge in [0.05, 0.1) is 26.4 Å². The number of fused-ring (bicyclic) bond motifs is 1. The molecule has 130 valence electrons. The number of piperidine rings is 1. The monoisotopic (exact) mass is 334 g/mol. The number of aromatic nitrogens is 1. The van der Waals surface area contributed by atoms with Crippen LogP contribution in [0.5, 0.6) is 5.88 Å². The first kappa shape index (κ1) is 16.7. The first-order chi connectivity index (χ1) is 11.6. The first-order valence-corrected chi connectivity index (χ1v) is 8.11. The Morgan fingerprint density at radius 2 is 2.12 bits per heavy atom. The summed E-state index contributed by atoms with van der Waals surface area (Å²) < 4.78 is 15.8. The molecule has 0 aliphatic carbocycles. The highest BCUT2D eigenvalue weighted by molar-refractivity contribution is 5.97. The number of likely N-dealkylation sites (tertiary alicyclic amines) is 1. The highest BCUT2D eigenvalue weighted by atomic mass is 16.6. The van der Waals surface area contributed by atoms with Crippen LogP contribution in [0.3, 0.4) is 0 Å². The Morgan fingerprint density at radius 1 is 1.33 bits per heavy atom. The van der Waals surface area contributed by atoms with Crippen LogP contribution in [0, 0.1) is 0 Å². The number of rotatable bonds is 3. The predicted molar refractivity (Wildman–Crippen MR) is 84.7 cm³/mol. The van der Waals surface area contributed by atoms with Crippen LogP contribution in [-0.4, -0.2) is 60.3 Å². The van der Waals surface area contributed by atoms with Crippen LogP contribution in [0.25, 0.3) is 0 Å². The van der Waals surface area contributed by atoms with Gasteiger partial charge in [0.2, 0.25) is 5.88 Å². The fraction of sp³-hybridized carbons (Fsp3) is 0.588. The van der Waals surface area contributed by atoms with E-state index in [2.05, 4.69) is 4.98 Å². The van der Waals surface area contributed by atoms with E-state index in [0.29, 0.717) is 17.9 Å². The van der Waals surface area contributed by atoms with Crippen LogP contribution in [0.2, 0.25) is 0 Å². The van der Waals surface area contributed by atoms with E-state index >= 15 is 0 Å². The molecule has 0 spiro atoms. The Kier molecular flexibility index (Phi) is 4.71. The fourth-order valence-corrected chi connectivity index (χ4v) is 3.64. The van der Waals surface area contributed by atoms with Gasteiger partial charge in [0, 0.05) is 18.7 Å². The van der Waals surface area contributed by atoms with Gasteiger partial charge in [0.15, 0.2) is 6.10 Å². The van der Waals surface area contributed by atoms with Gasteiger partial charge in [-0.25, -0.2) is 9.78 Å². The topological polar surface area (TPSA) is 78.0 Å². The van der Waals surface area contributed by atoms with Crippen molar-refractivity contribution < 1.29 is 23.8 Å². The molecule has 7 nitrogen and oxygen atoms in total. The minimum absolute atomic E-state index is 0.0589. The zero-order chi connectivity index (χ0) is 17.3. The van der Waals surface area contributed by atoms with Crippen LogP contribution in [0.4, 0.5) is 0 Å². The van der Waals surface area contributed by atoms with E-state index in [-0.39, 0.29) is 30.1 Å². The summed E-state index contributed by atoms with van der Waals surface area (Å²) in [4.78, 5) is 30.8. The molecular formula is C17H22N2O5. The van der Waals surface area contributed by atoms with Gasteiger partial charge in [-0.1, -0.05) is 0 Å². The standard InChI is InChI=1S/C17H22N2O5/c1-10-6-7-13-12(9-14(24-13)17(21)23-3)19(10)16(20)11-5-4-8-18-15(11)22-2/h4-5,8,10,12-14H,6-7,9H2,1-3H3/t10-,12+,13-,14-/m0/s1. The van der Waals surface area contributed by atoms with Gasteiger partial charge < -0.3 is 19.1 Å². The second-order valence-electron chi connectivity index (χ2n) is 6.19. The summed E-state index contributed by atoms with van der Waals surface area (Å²) in [6.07, 6.45) is 2.94. The third-order valence-corrected chi connectivity index (χ3v) is 4.82. The Balaban J connectivity index is 1.87. The summed E-state index contributed by atoms with van der Waals surface area (Å²) in [7, 11) is 2.84. The number of nitrogens with zero attached hydrogens (tertiary/aromatic N) is 2. The lowest BCUT2D eigenvalue weighted by Crippen LogP contribution is -2.53. The quantitative estimate of drug-likeness (QED) is 0.778. The fourth-order valence-electron chi connectivity index (χ4n) is 3.64. The average molecular weight is 334 g/mol. The van der Waals surface area contributed by atoms with E-state index in [1.54, 1.807) is 18.3 Å². The number of methoxy groups -OCH3 is 2. The summed E-state index contributed by atoms with van der Waals surface area (Å²) in [5, 5.41) is 0. The summed E-state index contributed by atoms with van der Waals surface area (Å²) in [6.45, 7) is 2.02. The molecule has 0 N–H and O–H groups in total. The maximum absolute atomic E-state index is 13.1. The predicted octanol–water partition coefficient (Wildman–Crippen LogP) is 1.41. The zero-order valence-corrected chi connectivity index (χ0v) is 14.1. The van der Waals surface area contributed by atoms with Crippen molar-refractivity contribution in [2.75, 3.05) is 14.2 Å². The van der Waals surface area contributed by atoms with Gasteiger partial charge in [-0.2, -0.15) is 0 Å². The van der Waals surface area contributed by atoms with Gasteiger partial charge in [-0.05, 0) is 31.9 Å². The first-order valence-electron chi connectivity index (χ1n) is 8.11. The van der Waals surface area contributed by atoms with E-state index in [1.807, 2.05) is 11.8 Å². The molecule has 1 aromatic rings. The number of hydrogen-bond donors (Lipinski definition) is 0. The minimum Gasteiger partial charge on any atom is -0.480 e. The van der Waals surface area contributed by atoms with Gasteiger partial charge in [0.1, 0.15) is 5.56 Å². The summed E-state index contributed by atoms with van der Waals surface area (Å²) in [5.41, 5.74) is 0.425. The van der Waals surface area contributed by atoms with Crippen molar-refractivity contribution in [3.05, 3.63) is 23.9 Å². The van der Waals surface area contributed by atoms with E-state index in [0.717, 1.165) is 12.8 Å². The summed E-state index contributed by atoms with van der Waals surface area (Å²) in [6, 6.07) is 3.33. The molecule has 2 aliphatic rings. The van der Waals surface area contributed by atoms with Crippen molar-refractivity contribution in [1.29, 1.82) is 0 Å². The van der Waals surface area contributed by atoms with Crippen molar-refractivity contribution in [1.82, 2.24) is 9.88 Å². The lowest BCUT2D eigenvalue weighted by Gasteiger charge is -2.41. The van der Waals surface area contributed by atoms with Crippen LogP contribution < -0.4 is 4.74 Å². The Bertz CT molecular complexity index is 635. The molecule has 1 aromatic heterocycles. The van der Waals surface area contributed by atoms with Crippen molar-refractivity contribution in [3.8, 4) is 5.88 Å². The van der Waals surface area contributed by atoms with Crippen molar-refractivity contribution in [2.45, 2.75) is 50.5 Å². The van der Waals surface area contributed by atoms with Crippen molar-refractivity contribution >= 4 is 11.9 Å². The third kappa shape index (κ3) is 2.84. The van der Waals surface area contributed by atoms with E-state index in [1.165, 1.54) is 14.2 Å². The van der Waals surface area contributed by atoms with E-state index < -0.39 is 6.10 Å². The molecule has 24 heavy (non-hydrogen) atoms. The smallest absolute Gasteiger partial charge is 0.335 e. The SMILES string of the molecule is COC(=O)[C@@H]1C[C@@H]2[C@H](CC[C@H](C)N2C(=O)c2cccnc2OC)O1. The maximum atomic E-state index is 13.1. The number of esters is 1. The van der Waals surface area contributed by atoms with Crippen LogP contribution in [-0.2, 0) is 14.3 Å². The van der Waals surface area contributed by atoms with Crippen molar-refractivity contribution in [2.24, 2.45) is 0 Å². The maximum Gasteiger partial charge on any atom is 0.335 e. The van der Waals surface area contributed by atoms with E-state index in [4.69, 9.17) is 14.2 Å². The molecule has 1 amide bonds. The number of pyridine rings is 1. The molecular weight excluding hydrogens is 312 g/mol. The molecule has 2 fully saturated rings. The Hall–Kier alpha value is -2.15. The molecule has 7 heteroatoms. The Morgan fingerprint density at radius 3 is 2.83 bits per heavy atom. The molecule has 3 rings (SSSR count). The Labute approximate surface area is 140 Å². The lowest BCUT2D eigenvalue weighted by molar-refractivity contribution is -0.153. The van der Waals surface area contributed by atoms with Crippen LogP contribution in [0.15, 0.2) is 18.3 Å². The largest absolute Gasteiger partial charge is 0.480 e. The number of carbonyl (C=O) groups is 2. The van der Waals surface area contributed by atoms with Gasteiger partial charge in [-0.15, -0.1) is 0 Å². The number of hydrogen-bond acceptors (Lipinski definition) is 6. The highest BCUT2D eigenvalue weighted by Crippen LogP contribution is 2.36. The molecule has 0 aromatic carbocycles. The molecule has 2 aliphatic heterocycles. The molecule has 2 saturated heterocycles. The molecule has 0 saturated carbocycles. The normalized spacial score (nSPS) is 29.0. The molecule has 0 bridgehead atoms. The van der Waals surface area contributed by atoms with Crippen LogP contribution >= 0.6 is 0 Å². The van der Waals surface area contributed by atoms with Gasteiger partial charge in [0.25, 0.3) is 5.91 Å². The third-order valence-electron chi connectivity index (χ3n) is 4.82. The zero-order valence-electron chi connectivity index (χ0n) is 14.1. The second kappa shape index (κ2) is 6.76. The van der Waals surface area contributed by atoms with Crippen LogP contribution in [0.1, 0.15) is 36.5 Å². The van der Waals surface area contributed by atoms with Crippen molar-refractivity contribution in [3.63, 3.8) is 0 Å². The molecule has 3 heterocycles.